The highest BCUT2D eigenvalue weighted by molar-refractivity contribution is 6.09. The number of carbonyl (C=O) groups is 1. The average Bonchev–Trinajstić information content (AvgIpc) is 3.11. The van der Waals surface area contributed by atoms with Crippen molar-refractivity contribution in [2.45, 2.75) is 6.92 Å². The van der Waals surface area contributed by atoms with E-state index in [1.807, 2.05) is 6.07 Å². The Kier molecular flexibility index (Phi) is 5.15. The number of aromatic nitrogens is 3. The molecule has 4 rings (SSSR count). The number of benzene rings is 1. The van der Waals surface area contributed by atoms with Crippen molar-refractivity contribution in [3.05, 3.63) is 57.9 Å². The minimum Gasteiger partial charge on any atom is -0.405 e. The van der Waals surface area contributed by atoms with Crippen LogP contribution in [-0.4, -0.2) is 46.5 Å². The highest BCUT2D eigenvalue weighted by Gasteiger charge is 2.20. The van der Waals surface area contributed by atoms with Crippen LogP contribution in [0.25, 0.3) is 11.7 Å². The van der Waals surface area contributed by atoms with Crippen molar-refractivity contribution >= 4 is 34.8 Å². The van der Waals surface area contributed by atoms with Gasteiger partial charge in [0.2, 0.25) is 5.65 Å². The third-order valence-corrected chi connectivity index (χ3v) is 5.05. The monoisotopic (exact) mass is 408 g/mol. The van der Waals surface area contributed by atoms with Crippen LogP contribution in [-0.2, 0) is 0 Å². The Hall–Kier alpha value is -3.79. The van der Waals surface area contributed by atoms with E-state index in [2.05, 4.69) is 25.5 Å². The maximum absolute atomic E-state index is 12.9. The third-order valence-electron chi connectivity index (χ3n) is 5.05. The zero-order chi connectivity index (χ0) is 21.3. The highest BCUT2D eigenvalue weighted by atomic mass is 16.2. The number of nitrogens with zero attached hydrogens (tertiary/aromatic N) is 3. The standard InChI is InChI=1S/C20H24N8O2/c1-12-10-28-11-16(26-20(30)18(28)24-12)25-19(29)14-2-3-15(13(4-5-21)17(14)22)27-8-6-23-7-9-27/h2-5,10-11,23H,6-9,21-22H2,1H3,(H,25,29)(H,26,30)/b5-4-. The van der Waals surface area contributed by atoms with Crippen molar-refractivity contribution in [2.24, 2.45) is 5.73 Å². The SMILES string of the molecule is Cc1cn2cc(NC(=O)c3ccc(N4CCNCC4)c(/C=C\N)c3N)[nH]c(=O)c2n1. The number of hydrogen-bond acceptors (Lipinski definition) is 7. The summed E-state index contributed by atoms with van der Waals surface area (Å²) in [5.41, 5.74) is 14.8. The van der Waals surface area contributed by atoms with E-state index in [4.69, 9.17) is 11.5 Å². The first kappa shape index (κ1) is 19.5. The summed E-state index contributed by atoms with van der Waals surface area (Å²) < 4.78 is 1.57. The van der Waals surface area contributed by atoms with Crippen molar-refractivity contribution in [2.75, 3.05) is 42.1 Å². The maximum Gasteiger partial charge on any atom is 0.293 e. The lowest BCUT2D eigenvalue weighted by Crippen LogP contribution is -2.43. The van der Waals surface area contributed by atoms with Crippen LogP contribution < -0.4 is 32.6 Å². The summed E-state index contributed by atoms with van der Waals surface area (Å²) in [4.78, 5) is 34.1. The molecule has 1 aliphatic heterocycles. The summed E-state index contributed by atoms with van der Waals surface area (Å²) in [5, 5.41) is 6.02. The van der Waals surface area contributed by atoms with Crippen LogP contribution >= 0.6 is 0 Å². The molecule has 1 aliphatic rings. The Morgan fingerprint density at radius 2 is 2.03 bits per heavy atom. The number of nitrogens with two attached hydrogens (primary N) is 2. The van der Waals surface area contributed by atoms with Crippen LogP contribution in [0.3, 0.4) is 0 Å². The summed E-state index contributed by atoms with van der Waals surface area (Å²) >= 11 is 0. The van der Waals surface area contributed by atoms with Crippen LogP contribution in [0.5, 0.6) is 0 Å². The molecule has 30 heavy (non-hydrogen) atoms. The molecule has 7 N–H and O–H groups in total. The van der Waals surface area contributed by atoms with Gasteiger partial charge in [-0.2, -0.15) is 0 Å². The Morgan fingerprint density at radius 3 is 2.77 bits per heavy atom. The zero-order valence-electron chi connectivity index (χ0n) is 16.6. The number of hydrogen-bond donors (Lipinski definition) is 5. The molecule has 0 aliphatic carbocycles. The van der Waals surface area contributed by atoms with Gasteiger partial charge >= 0.3 is 0 Å². The molecule has 10 heteroatoms. The molecular formula is C20H24N8O2. The summed E-state index contributed by atoms with van der Waals surface area (Å²) in [5.74, 6) is -0.186. The molecule has 1 amide bonds. The summed E-state index contributed by atoms with van der Waals surface area (Å²) in [7, 11) is 0. The summed E-state index contributed by atoms with van der Waals surface area (Å²) in [6.07, 6.45) is 6.42. The van der Waals surface area contributed by atoms with Gasteiger partial charge < -0.3 is 32.0 Å². The van der Waals surface area contributed by atoms with Crippen molar-refractivity contribution < 1.29 is 4.79 Å². The van der Waals surface area contributed by atoms with Gasteiger partial charge in [0, 0.05) is 43.6 Å². The van der Waals surface area contributed by atoms with Gasteiger partial charge in [-0.3, -0.25) is 14.0 Å². The minimum atomic E-state index is -0.433. The van der Waals surface area contributed by atoms with Crippen LogP contribution in [0.1, 0.15) is 21.6 Å². The number of amides is 1. The second-order valence-electron chi connectivity index (χ2n) is 7.12. The molecule has 2 aromatic heterocycles. The van der Waals surface area contributed by atoms with E-state index >= 15 is 0 Å². The second-order valence-corrected chi connectivity index (χ2v) is 7.12. The Morgan fingerprint density at radius 1 is 1.27 bits per heavy atom. The Labute approximate surface area is 172 Å². The van der Waals surface area contributed by atoms with Gasteiger partial charge in [-0.15, -0.1) is 0 Å². The predicted molar refractivity (Wildman–Crippen MR) is 118 cm³/mol. The molecular weight excluding hydrogens is 384 g/mol. The molecule has 3 aromatic rings. The molecule has 10 nitrogen and oxygen atoms in total. The number of carbonyl (C=O) groups excluding carboxylic acids is 1. The first-order valence-electron chi connectivity index (χ1n) is 9.64. The average molecular weight is 408 g/mol. The lowest BCUT2D eigenvalue weighted by Gasteiger charge is -2.31. The molecule has 1 aromatic carbocycles. The van der Waals surface area contributed by atoms with E-state index < -0.39 is 11.5 Å². The fourth-order valence-corrected chi connectivity index (χ4v) is 3.66. The van der Waals surface area contributed by atoms with Crippen molar-refractivity contribution in [3.8, 4) is 0 Å². The van der Waals surface area contributed by atoms with Gasteiger partial charge in [-0.25, -0.2) is 4.98 Å². The lowest BCUT2D eigenvalue weighted by atomic mass is 10.0. The molecule has 3 heterocycles. The van der Waals surface area contributed by atoms with Gasteiger partial charge in [-0.05, 0) is 31.3 Å². The molecule has 156 valence electrons. The highest BCUT2D eigenvalue weighted by Crippen LogP contribution is 2.31. The van der Waals surface area contributed by atoms with Crippen LogP contribution in [0.4, 0.5) is 17.2 Å². The molecule has 0 radical (unpaired) electrons. The van der Waals surface area contributed by atoms with Gasteiger partial charge in [0.1, 0.15) is 5.82 Å². The van der Waals surface area contributed by atoms with E-state index in [0.717, 1.165) is 31.9 Å². The lowest BCUT2D eigenvalue weighted by molar-refractivity contribution is 0.102. The number of anilines is 3. The number of aromatic amines is 1. The van der Waals surface area contributed by atoms with Gasteiger partial charge in [0.25, 0.3) is 11.5 Å². The van der Waals surface area contributed by atoms with Crippen molar-refractivity contribution in [1.82, 2.24) is 19.7 Å². The number of rotatable bonds is 4. The normalized spacial score (nSPS) is 14.5. The predicted octanol–water partition coefficient (Wildman–Crippen LogP) is 0.505. The van der Waals surface area contributed by atoms with Gasteiger partial charge in [-0.1, -0.05) is 0 Å². The summed E-state index contributed by atoms with van der Waals surface area (Å²) in [6.45, 7) is 5.21. The molecule has 1 saturated heterocycles. The van der Waals surface area contributed by atoms with Gasteiger partial charge in [0.15, 0.2) is 0 Å². The Bertz CT molecular complexity index is 1190. The number of H-pyrrole nitrogens is 1. The topological polar surface area (TPSA) is 147 Å². The first-order valence-corrected chi connectivity index (χ1v) is 9.64. The van der Waals surface area contributed by atoms with E-state index in [9.17, 15) is 9.59 Å². The number of fused-ring (bicyclic) bond motifs is 1. The molecule has 0 bridgehead atoms. The fraction of sp³-hybridized carbons (Fsp3) is 0.250. The quantitative estimate of drug-likeness (QED) is 0.395. The molecule has 0 saturated carbocycles. The van der Waals surface area contributed by atoms with E-state index in [-0.39, 0.29) is 11.5 Å². The molecule has 0 unspecified atom stereocenters. The third kappa shape index (κ3) is 3.60. The van der Waals surface area contributed by atoms with E-state index in [1.54, 1.807) is 35.9 Å². The first-order chi connectivity index (χ1) is 14.5. The summed E-state index contributed by atoms with van der Waals surface area (Å²) in [6, 6.07) is 3.56. The second kappa shape index (κ2) is 7.91. The zero-order valence-corrected chi connectivity index (χ0v) is 16.6. The van der Waals surface area contributed by atoms with Crippen LogP contribution in [0.2, 0.25) is 0 Å². The number of nitrogen functional groups attached to an aromatic ring is 1. The van der Waals surface area contributed by atoms with E-state index in [0.29, 0.717) is 22.5 Å². The Balaban J connectivity index is 1.67. The smallest absolute Gasteiger partial charge is 0.293 e. The van der Waals surface area contributed by atoms with E-state index in [1.165, 1.54) is 6.20 Å². The van der Waals surface area contributed by atoms with Crippen LogP contribution in [0, 0.1) is 6.92 Å². The van der Waals surface area contributed by atoms with Gasteiger partial charge in [0.05, 0.1) is 23.1 Å². The largest absolute Gasteiger partial charge is 0.405 e. The number of imidazole rings is 1. The van der Waals surface area contributed by atoms with Crippen LogP contribution in [0.15, 0.2) is 35.5 Å². The maximum atomic E-state index is 12.9. The number of aryl methyl sites for hydroxylation is 1. The molecule has 1 fully saturated rings. The molecule has 0 spiro atoms. The number of nitrogens with one attached hydrogen (secondary N) is 3. The minimum absolute atomic E-state index is 0.247. The number of piperazine rings is 1. The molecule has 0 atom stereocenters. The van der Waals surface area contributed by atoms with Crippen molar-refractivity contribution in [1.29, 1.82) is 0 Å². The van der Waals surface area contributed by atoms with Crippen molar-refractivity contribution in [3.63, 3.8) is 0 Å². The fourth-order valence-electron chi connectivity index (χ4n) is 3.66.